The normalized spacial score (nSPS) is 10.4. The van der Waals surface area contributed by atoms with E-state index < -0.39 is 0 Å². The van der Waals surface area contributed by atoms with Gasteiger partial charge < -0.3 is 5.32 Å². The van der Waals surface area contributed by atoms with Crippen LogP contribution in [0.1, 0.15) is 17.5 Å². The summed E-state index contributed by atoms with van der Waals surface area (Å²) < 4.78 is 0. The number of carbonyl (C=O) groups excluding carboxylic acids is 1. The number of hydrogen-bond donors (Lipinski definition) is 2. The van der Waals surface area contributed by atoms with Gasteiger partial charge in [-0.3, -0.25) is 9.89 Å². The number of benzene rings is 1. The number of amides is 1. The maximum Gasteiger partial charge on any atom is 0.220 e. The highest BCUT2D eigenvalue weighted by atomic mass is 35.5. The number of nitrogens with one attached hydrogen (secondary N) is 2. The minimum absolute atomic E-state index is 0.0493. The molecule has 1 amide bonds. The van der Waals surface area contributed by atoms with E-state index in [0.29, 0.717) is 19.4 Å². The third kappa shape index (κ3) is 4.41. The van der Waals surface area contributed by atoms with E-state index in [1.807, 2.05) is 24.3 Å². The average molecular weight is 278 g/mol. The number of carbonyl (C=O) groups is 1. The highest BCUT2D eigenvalue weighted by molar-refractivity contribution is 6.31. The van der Waals surface area contributed by atoms with Gasteiger partial charge in [-0.2, -0.15) is 5.10 Å². The number of aromatic nitrogens is 2. The second kappa shape index (κ2) is 6.95. The molecule has 0 spiro atoms. The molecule has 0 aliphatic carbocycles. The first-order chi connectivity index (χ1) is 9.25. The Kier molecular flexibility index (Phi) is 4.98. The predicted molar refractivity (Wildman–Crippen MR) is 75.1 cm³/mol. The number of hydrogen-bond acceptors (Lipinski definition) is 2. The lowest BCUT2D eigenvalue weighted by molar-refractivity contribution is -0.121. The van der Waals surface area contributed by atoms with Crippen LogP contribution in [-0.2, 0) is 17.6 Å². The minimum Gasteiger partial charge on any atom is -0.356 e. The van der Waals surface area contributed by atoms with Gasteiger partial charge in [0.1, 0.15) is 0 Å². The Balaban J connectivity index is 1.68. The van der Waals surface area contributed by atoms with Gasteiger partial charge in [-0.1, -0.05) is 29.8 Å². The van der Waals surface area contributed by atoms with Gasteiger partial charge in [-0.15, -0.1) is 0 Å². The third-order valence-electron chi connectivity index (χ3n) is 2.87. The molecule has 0 atom stereocenters. The maximum absolute atomic E-state index is 11.6. The first-order valence-corrected chi connectivity index (χ1v) is 6.61. The van der Waals surface area contributed by atoms with Gasteiger partial charge in [0.15, 0.2) is 0 Å². The topological polar surface area (TPSA) is 57.8 Å². The van der Waals surface area contributed by atoms with Gasteiger partial charge in [0.05, 0.1) is 6.20 Å². The van der Waals surface area contributed by atoms with Crippen LogP contribution < -0.4 is 5.32 Å². The number of H-pyrrole nitrogens is 1. The molecule has 4 nitrogen and oxygen atoms in total. The molecule has 2 N–H and O–H groups in total. The van der Waals surface area contributed by atoms with Gasteiger partial charge in [0.2, 0.25) is 5.91 Å². The molecule has 2 rings (SSSR count). The van der Waals surface area contributed by atoms with Crippen molar-refractivity contribution < 1.29 is 4.79 Å². The molecule has 1 aromatic carbocycles. The summed E-state index contributed by atoms with van der Waals surface area (Å²) in [6, 6.07) is 7.68. The Morgan fingerprint density at radius 1 is 1.32 bits per heavy atom. The zero-order chi connectivity index (χ0) is 13.5. The number of aryl methyl sites for hydroxylation is 1. The van der Waals surface area contributed by atoms with E-state index in [9.17, 15) is 4.79 Å². The Morgan fingerprint density at radius 3 is 2.89 bits per heavy atom. The number of nitrogens with zero attached hydrogens (tertiary/aromatic N) is 1. The Bertz CT molecular complexity index is 525. The van der Waals surface area contributed by atoms with Gasteiger partial charge >= 0.3 is 0 Å². The second-order valence-electron chi connectivity index (χ2n) is 4.30. The average Bonchev–Trinajstić information content (AvgIpc) is 2.92. The van der Waals surface area contributed by atoms with Gasteiger partial charge in [0, 0.05) is 24.2 Å². The first kappa shape index (κ1) is 13.6. The molecule has 0 radical (unpaired) electrons. The Hall–Kier alpha value is -1.81. The number of halogens is 1. The van der Waals surface area contributed by atoms with Crippen LogP contribution in [0.5, 0.6) is 0 Å². The van der Waals surface area contributed by atoms with E-state index in [0.717, 1.165) is 22.6 Å². The van der Waals surface area contributed by atoms with Crippen molar-refractivity contribution in [1.82, 2.24) is 15.5 Å². The van der Waals surface area contributed by atoms with E-state index in [2.05, 4.69) is 15.5 Å². The SMILES string of the molecule is O=C(CCc1cn[nH]c1)NCCc1ccccc1Cl. The van der Waals surface area contributed by atoms with E-state index >= 15 is 0 Å². The van der Waals surface area contributed by atoms with Crippen molar-refractivity contribution in [1.29, 1.82) is 0 Å². The Labute approximate surface area is 117 Å². The van der Waals surface area contributed by atoms with Gasteiger partial charge in [0.25, 0.3) is 0 Å². The molecule has 5 heteroatoms. The van der Waals surface area contributed by atoms with Crippen LogP contribution in [0.15, 0.2) is 36.7 Å². The summed E-state index contributed by atoms with van der Waals surface area (Å²) in [7, 11) is 0. The molecule has 1 aromatic heterocycles. The van der Waals surface area contributed by atoms with Crippen molar-refractivity contribution in [2.24, 2.45) is 0 Å². The summed E-state index contributed by atoms with van der Waals surface area (Å²) in [4.78, 5) is 11.6. The van der Waals surface area contributed by atoms with Gasteiger partial charge in [-0.25, -0.2) is 0 Å². The summed E-state index contributed by atoms with van der Waals surface area (Å²) >= 11 is 6.05. The van der Waals surface area contributed by atoms with E-state index in [4.69, 9.17) is 11.6 Å². The molecule has 100 valence electrons. The van der Waals surface area contributed by atoms with Crippen LogP contribution in [-0.4, -0.2) is 22.6 Å². The first-order valence-electron chi connectivity index (χ1n) is 6.23. The summed E-state index contributed by atoms with van der Waals surface area (Å²) in [5.41, 5.74) is 2.10. The largest absolute Gasteiger partial charge is 0.356 e. The molecular weight excluding hydrogens is 262 g/mol. The van der Waals surface area contributed by atoms with Crippen LogP contribution in [0, 0.1) is 0 Å². The van der Waals surface area contributed by atoms with Crippen molar-refractivity contribution in [3.8, 4) is 0 Å². The van der Waals surface area contributed by atoms with Crippen molar-refractivity contribution in [3.05, 3.63) is 52.8 Å². The lowest BCUT2D eigenvalue weighted by Crippen LogP contribution is -2.25. The van der Waals surface area contributed by atoms with Crippen LogP contribution in [0.2, 0.25) is 5.02 Å². The van der Waals surface area contributed by atoms with Crippen LogP contribution in [0.4, 0.5) is 0 Å². The molecule has 0 aliphatic heterocycles. The quantitative estimate of drug-likeness (QED) is 0.852. The fourth-order valence-electron chi connectivity index (χ4n) is 1.80. The summed E-state index contributed by atoms with van der Waals surface area (Å²) in [6.45, 7) is 0.605. The van der Waals surface area contributed by atoms with Crippen molar-refractivity contribution >= 4 is 17.5 Å². The van der Waals surface area contributed by atoms with Crippen LogP contribution >= 0.6 is 11.6 Å². The highest BCUT2D eigenvalue weighted by Gasteiger charge is 2.03. The number of aromatic amines is 1. The van der Waals surface area contributed by atoms with Crippen LogP contribution in [0.3, 0.4) is 0 Å². The Morgan fingerprint density at radius 2 is 2.16 bits per heavy atom. The maximum atomic E-state index is 11.6. The molecule has 0 fully saturated rings. The molecule has 0 saturated heterocycles. The summed E-state index contributed by atoms with van der Waals surface area (Å²) in [6.07, 6.45) is 5.46. The predicted octanol–water partition coefficient (Wildman–Crippen LogP) is 2.35. The molecule has 0 saturated carbocycles. The van der Waals surface area contributed by atoms with E-state index in [1.54, 1.807) is 12.4 Å². The van der Waals surface area contributed by atoms with Crippen molar-refractivity contribution in [3.63, 3.8) is 0 Å². The smallest absolute Gasteiger partial charge is 0.220 e. The third-order valence-corrected chi connectivity index (χ3v) is 3.24. The highest BCUT2D eigenvalue weighted by Crippen LogP contribution is 2.14. The van der Waals surface area contributed by atoms with Crippen molar-refractivity contribution in [2.75, 3.05) is 6.54 Å². The molecule has 19 heavy (non-hydrogen) atoms. The standard InChI is InChI=1S/C14H16ClN3O/c15-13-4-2-1-3-12(13)7-8-16-14(19)6-5-11-9-17-18-10-11/h1-4,9-10H,5-8H2,(H,16,19)(H,17,18). The fraction of sp³-hybridized carbons (Fsp3) is 0.286. The fourth-order valence-corrected chi connectivity index (χ4v) is 2.03. The summed E-state index contributed by atoms with van der Waals surface area (Å²) in [5, 5.41) is 10.2. The molecule has 1 heterocycles. The zero-order valence-electron chi connectivity index (χ0n) is 10.5. The monoisotopic (exact) mass is 277 g/mol. The number of rotatable bonds is 6. The van der Waals surface area contributed by atoms with Gasteiger partial charge in [-0.05, 0) is 30.0 Å². The molecule has 2 aromatic rings. The second-order valence-corrected chi connectivity index (χ2v) is 4.71. The lowest BCUT2D eigenvalue weighted by Gasteiger charge is -2.06. The minimum atomic E-state index is 0.0493. The molecule has 0 bridgehead atoms. The lowest BCUT2D eigenvalue weighted by atomic mass is 10.1. The molecule has 0 aliphatic rings. The zero-order valence-corrected chi connectivity index (χ0v) is 11.3. The summed E-state index contributed by atoms with van der Waals surface area (Å²) in [5.74, 6) is 0.0493. The molecule has 0 unspecified atom stereocenters. The van der Waals surface area contributed by atoms with Crippen LogP contribution in [0.25, 0.3) is 0 Å². The van der Waals surface area contributed by atoms with E-state index in [-0.39, 0.29) is 5.91 Å². The molecular formula is C14H16ClN3O. The van der Waals surface area contributed by atoms with Crippen molar-refractivity contribution in [2.45, 2.75) is 19.3 Å². The van der Waals surface area contributed by atoms with E-state index in [1.165, 1.54) is 0 Å².